The molecule has 1 N–H and O–H groups in total. The van der Waals surface area contributed by atoms with Crippen molar-refractivity contribution in [1.82, 2.24) is 8.75 Å². The SMILES string of the molecule is COc1ccc(N(C)C(=O)Nc2ccc3nsnc3c2)cc1. The van der Waals surface area contributed by atoms with Crippen LogP contribution in [-0.2, 0) is 0 Å². The minimum Gasteiger partial charge on any atom is -0.497 e. The third kappa shape index (κ3) is 2.84. The Labute approximate surface area is 131 Å². The Morgan fingerprint density at radius 3 is 2.59 bits per heavy atom. The summed E-state index contributed by atoms with van der Waals surface area (Å²) in [5.41, 5.74) is 3.06. The molecule has 0 saturated carbocycles. The van der Waals surface area contributed by atoms with E-state index in [0.717, 1.165) is 34.2 Å². The number of nitrogens with one attached hydrogen (secondary N) is 1. The molecule has 2 aromatic carbocycles. The number of benzene rings is 2. The van der Waals surface area contributed by atoms with Crippen LogP contribution in [0.3, 0.4) is 0 Å². The Bertz CT molecular complexity index is 801. The Morgan fingerprint density at radius 2 is 1.86 bits per heavy atom. The lowest BCUT2D eigenvalue weighted by molar-refractivity contribution is 0.258. The van der Waals surface area contributed by atoms with E-state index in [1.54, 1.807) is 20.2 Å². The highest BCUT2D eigenvalue weighted by Gasteiger charge is 2.11. The molecular weight excluding hydrogens is 300 g/mol. The van der Waals surface area contributed by atoms with Gasteiger partial charge in [0.1, 0.15) is 16.8 Å². The molecule has 22 heavy (non-hydrogen) atoms. The third-order valence-corrected chi connectivity index (χ3v) is 3.83. The fourth-order valence-electron chi connectivity index (χ4n) is 1.99. The van der Waals surface area contributed by atoms with Crippen LogP contribution in [0.25, 0.3) is 11.0 Å². The van der Waals surface area contributed by atoms with Crippen molar-refractivity contribution in [2.75, 3.05) is 24.4 Å². The molecule has 0 saturated heterocycles. The summed E-state index contributed by atoms with van der Waals surface area (Å²) in [5.74, 6) is 0.749. The van der Waals surface area contributed by atoms with Gasteiger partial charge in [-0.15, -0.1) is 0 Å². The molecule has 7 heteroatoms. The molecule has 0 atom stereocenters. The average molecular weight is 314 g/mol. The Kier molecular flexibility index (Phi) is 3.88. The highest BCUT2D eigenvalue weighted by molar-refractivity contribution is 7.00. The second-order valence-electron chi connectivity index (χ2n) is 4.65. The number of hydrogen-bond acceptors (Lipinski definition) is 5. The molecule has 0 aliphatic heterocycles. The molecule has 1 aromatic heterocycles. The number of aromatic nitrogens is 2. The van der Waals surface area contributed by atoms with Crippen LogP contribution in [0.4, 0.5) is 16.2 Å². The van der Waals surface area contributed by atoms with Crippen molar-refractivity contribution in [1.29, 1.82) is 0 Å². The van der Waals surface area contributed by atoms with Gasteiger partial charge >= 0.3 is 6.03 Å². The number of fused-ring (bicyclic) bond motifs is 1. The molecular formula is C15H14N4O2S. The largest absolute Gasteiger partial charge is 0.497 e. The first kappa shape index (κ1) is 14.3. The normalized spacial score (nSPS) is 10.5. The van der Waals surface area contributed by atoms with Crippen molar-refractivity contribution in [3.8, 4) is 5.75 Å². The summed E-state index contributed by atoms with van der Waals surface area (Å²) in [6, 6.07) is 12.5. The van der Waals surface area contributed by atoms with Crippen molar-refractivity contribution in [3.63, 3.8) is 0 Å². The van der Waals surface area contributed by atoms with E-state index in [-0.39, 0.29) is 6.03 Å². The lowest BCUT2D eigenvalue weighted by Gasteiger charge is -2.18. The van der Waals surface area contributed by atoms with E-state index in [1.165, 1.54) is 4.90 Å². The summed E-state index contributed by atoms with van der Waals surface area (Å²) >= 11 is 1.15. The van der Waals surface area contributed by atoms with E-state index in [9.17, 15) is 4.79 Å². The first-order chi connectivity index (χ1) is 10.7. The van der Waals surface area contributed by atoms with Crippen LogP contribution in [0.5, 0.6) is 5.75 Å². The van der Waals surface area contributed by atoms with Gasteiger partial charge in [0.15, 0.2) is 0 Å². The number of anilines is 2. The highest BCUT2D eigenvalue weighted by atomic mass is 32.1. The summed E-state index contributed by atoms with van der Waals surface area (Å²) in [7, 11) is 3.31. The summed E-state index contributed by atoms with van der Waals surface area (Å²) in [6.07, 6.45) is 0. The lowest BCUT2D eigenvalue weighted by Crippen LogP contribution is -2.31. The lowest BCUT2D eigenvalue weighted by atomic mass is 10.2. The first-order valence-electron chi connectivity index (χ1n) is 6.58. The van der Waals surface area contributed by atoms with Gasteiger partial charge in [-0.25, -0.2) is 4.79 Å². The van der Waals surface area contributed by atoms with Crippen molar-refractivity contribution in [2.45, 2.75) is 0 Å². The molecule has 0 spiro atoms. The molecule has 3 rings (SSSR count). The molecule has 3 aromatic rings. The van der Waals surface area contributed by atoms with Gasteiger partial charge in [0.05, 0.1) is 18.8 Å². The van der Waals surface area contributed by atoms with Gasteiger partial charge in [0.2, 0.25) is 0 Å². The minimum absolute atomic E-state index is 0.229. The zero-order valence-electron chi connectivity index (χ0n) is 12.1. The number of hydrogen-bond donors (Lipinski definition) is 1. The van der Waals surface area contributed by atoms with Crippen LogP contribution < -0.4 is 15.0 Å². The number of carbonyl (C=O) groups is 1. The fraction of sp³-hybridized carbons (Fsp3) is 0.133. The predicted molar refractivity (Wildman–Crippen MR) is 87.8 cm³/mol. The van der Waals surface area contributed by atoms with E-state index in [0.29, 0.717) is 5.69 Å². The molecule has 1 heterocycles. The van der Waals surface area contributed by atoms with Gasteiger partial charge in [0.25, 0.3) is 0 Å². The average Bonchev–Trinajstić information content (AvgIpc) is 3.02. The van der Waals surface area contributed by atoms with Crippen molar-refractivity contribution in [2.24, 2.45) is 0 Å². The maximum absolute atomic E-state index is 12.3. The quantitative estimate of drug-likeness (QED) is 0.805. The highest BCUT2D eigenvalue weighted by Crippen LogP contribution is 2.20. The van der Waals surface area contributed by atoms with Gasteiger partial charge in [-0.05, 0) is 42.5 Å². The van der Waals surface area contributed by atoms with Crippen LogP contribution >= 0.6 is 11.7 Å². The zero-order chi connectivity index (χ0) is 15.5. The van der Waals surface area contributed by atoms with E-state index in [2.05, 4.69) is 14.1 Å². The molecule has 6 nitrogen and oxygen atoms in total. The molecule has 0 bridgehead atoms. The Hall–Kier alpha value is -2.67. The zero-order valence-corrected chi connectivity index (χ0v) is 12.9. The standard InChI is InChI=1S/C15H14N4O2S/c1-19(11-4-6-12(21-2)7-5-11)15(20)16-10-3-8-13-14(9-10)18-22-17-13/h3-9H,1-2H3,(H,16,20). The van der Waals surface area contributed by atoms with E-state index < -0.39 is 0 Å². The number of rotatable bonds is 3. The Morgan fingerprint density at radius 1 is 1.14 bits per heavy atom. The van der Waals surface area contributed by atoms with Crippen LogP contribution in [0.15, 0.2) is 42.5 Å². The smallest absolute Gasteiger partial charge is 0.326 e. The van der Waals surface area contributed by atoms with Crippen LogP contribution in [0.2, 0.25) is 0 Å². The van der Waals surface area contributed by atoms with Crippen molar-refractivity contribution >= 4 is 40.2 Å². The van der Waals surface area contributed by atoms with Crippen LogP contribution in [0.1, 0.15) is 0 Å². The van der Waals surface area contributed by atoms with Gasteiger partial charge in [-0.2, -0.15) is 8.75 Å². The molecule has 2 amide bonds. The maximum atomic E-state index is 12.3. The molecule has 0 fully saturated rings. The molecule has 0 aliphatic rings. The summed E-state index contributed by atoms with van der Waals surface area (Å²) < 4.78 is 13.4. The number of nitrogens with zero attached hydrogens (tertiary/aromatic N) is 3. The summed E-state index contributed by atoms with van der Waals surface area (Å²) in [5, 5.41) is 2.84. The number of amides is 2. The molecule has 112 valence electrons. The molecule has 0 aliphatic carbocycles. The van der Waals surface area contributed by atoms with Gasteiger partial charge in [0, 0.05) is 18.4 Å². The monoisotopic (exact) mass is 314 g/mol. The van der Waals surface area contributed by atoms with Crippen molar-refractivity contribution < 1.29 is 9.53 Å². The van der Waals surface area contributed by atoms with Gasteiger partial charge in [-0.3, -0.25) is 4.90 Å². The minimum atomic E-state index is -0.229. The van der Waals surface area contributed by atoms with Gasteiger partial charge in [-0.1, -0.05) is 0 Å². The third-order valence-electron chi connectivity index (χ3n) is 3.27. The number of methoxy groups -OCH3 is 1. The summed E-state index contributed by atoms with van der Waals surface area (Å²) in [4.78, 5) is 13.8. The topological polar surface area (TPSA) is 67.3 Å². The van der Waals surface area contributed by atoms with Crippen LogP contribution in [0, 0.1) is 0 Å². The maximum Gasteiger partial charge on any atom is 0.326 e. The van der Waals surface area contributed by atoms with E-state index >= 15 is 0 Å². The first-order valence-corrected chi connectivity index (χ1v) is 7.31. The van der Waals surface area contributed by atoms with E-state index in [4.69, 9.17) is 4.74 Å². The summed E-state index contributed by atoms with van der Waals surface area (Å²) in [6.45, 7) is 0. The molecule has 0 radical (unpaired) electrons. The fourth-order valence-corrected chi connectivity index (χ4v) is 2.51. The van der Waals surface area contributed by atoms with Gasteiger partial charge < -0.3 is 10.1 Å². The van der Waals surface area contributed by atoms with Crippen molar-refractivity contribution in [3.05, 3.63) is 42.5 Å². The Balaban J connectivity index is 1.74. The number of carbonyl (C=O) groups excluding carboxylic acids is 1. The van der Waals surface area contributed by atoms with Crippen LogP contribution in [-0.4, -0.2) is 28.9 Å². The van der Waals surface area contributed by atoms with E-state index in [1.807, 2.05) is 36.4 Å². The number of urea groups is 1. The predicted octanol–water partition coefficient (Wildman–Crippen LogP) is 3.37. The second-order valence-corrected chi connectivity index (χ2v) is 5.18. The molecule has 0 unspecified atom stereocenters. The number of ether oxygens (including phenoxy) is 1. The second kappa shape index (κ2) is 5.98.